The summed E-state index contributed by atoms with van der Waals surface area (Å²) in [5, 5.41) is 0. The van der Waals surface area contributed by atoms with Crippen molar-refractivity contribution in [3.63, 3.8) is 0 Å². The van der Waals surface area contributed by atoms with Crippen molar-refractivity contribution in [2.24, 2.45) is 4.99 Å². The highest BCUT2D eigenvalue weighted by molar-refractivity contribution is 7.88. The molecule has 0 aliphatic rings. The summed E-state index contributed by atoms with van der Waals surface area (Å²) in [6.45, 7) is 8.68. The molecular weight excluding hydrogens is 200 g/mol. The van der Waals surface area contributed by atoms with Crippen LogP contribution in [0.15, 0.2) is 42.2 Å². The number of hydrogen-bond donors (Lipinski definition) is 1. The number of nitrogens with zero attached hydrogens (tertiary/aromatic N) is 1. The molecule has 0 radical (unpaired) electrons. The zero-order valence-electron chi connectivity index (χ0n) is 8.32. The molecule has 0 heterocycles. The Morgan fingerprint density at radius 3 is 2.36 bits per heavy atom. The second-order valence-corrected chi connectivity index (χ2v) is 4.37. The lowest BCUT2D eigenvalue weighted by Gasteiger charge is -2.03. The highest BCUT2D eigenvalue weighted by Gasteiger charge is 2.02. The summed E-state index contributed by atoms with van der Waals surface area (Å²) in [6.07, 6.45) is 5.50. The first-order valence-corrected chi connectivity index (χ1v) is 5.76. The van der Waals surface area contributed by atoms with Crippen molar-refractivity contribution in [1.82, 2.24) is 4.72 Å². The zero-order chi connectivity index (χ0) is 11.2. The average Bonchev–Trinajstić information content (AvgIpc) is 2.01. The van der Waals surface area contributed by atoms with Gasteiger partial charge in [0.2, 0.25) is 10.0 Å². The minimum Gasteiger partial charge on any atom is -0.268 e. The Kier molecular flexibility index (Phi) is 4.86. The average molecular weight is 214 g/mol. The fourth-order valence-electron chi connectivity index (χ4n) is 0.631. The standard InChI is InChI=1S/C9H14N2O2S/c1-5-7-9(10-8(3)6-2)11-14(4,12)13/h5-7,11H,1-2H2,3-4H3/b9-7+,10-8-. The summed E-state index contributed by atoms with van der Waals surface area (Å²) < 4.78 is 24.1. The third-order valence-corrected chi connectivity index (χ3v) is 1.74. The van der Waals surface area contributed by atoms with Crippen molar-refractivity contribution in [3.05, 3.63) is 37.2 Å². The van der Waals surface area contributed by atoms with Crippen LogP contribution >= 0.6 is 0 Å². The number of aliphatic imine (C=N–C) groups is 1. The summed E-state index contributed by atoms with van der Waals surface area (Å²) in [5.74, 6) is 0.222. The second kappa shape index (κ2) is 5.39. The van der Waals surface area contributed by atoms with Crippen LogP contribution in [0.2, 0.25) is 0 Å². The fourth-order valence-corrected chi connectivity index (χ4v) is 1.12. The smallest absolute Gasteiger partial charge is 0.230 e. The van der Waals surface area contributed by atoms with Gasteiger partial charge >= 0.3 is 0 Å². The monoisotopic (exact) mass is 214 g/mol. The van der Waals surface area contributed by atoms with Crippen LogP contribution in [-0.2, 0) is 10.0 Å². The number of allylic oxidation sites excluding steroid dienone is 3. The molecule has 0 spiro atoms. The van der Waals surface area contributed by atoms with E-state index in [1.54, 1.807) is 6.92 Å². The molecule has 0 aliphatic carbocycles. The van der Waals surface area contributed by atoms with Crippen LogP contribution in [0.1, 0.15) is 6.92 Å². The third kappa shape index (κ3) is 6.19. The Hall–Kier alpha value is -1.36. The molecule has 4 nitrogen and oxygen atoms in total. The SMILES string of the molecule is C=C/C=C(\N=C(\C)C=C)NS(C)(=O)=O. The number of hydrogen-bond acceptors (Lipinski definition) is 3. The summed E-state index contributed by atoms with van der Waals surface area (Å²) in [4.78, 5) is 3.97. The lowest BCUT2D eigenvalue weighted by atomic mass is 10.4. The fraction of sp³-hybridized carbons (Fsp3) is 0.222. The first-order valence-electron chi connectivity index (χ1n) is 3.87. The van der Waals surface area contributed by atoms with E-state index in [0.717, 1.165) is 6.26 Å². The summed E-state index contributed by atoms with van der Waals surface area (Å²) in [5.41, 5.74) is 0.620. The van der Waals surface area contributed by atoms with Gasteiger partial charge in [-0.15, -0.1) is 0 Å². The molecule has 78 valence electrons. The molecule has 1 N–H and O–H groups in total. The topological polar surface area (TPSA) is 58.5 Å². The van der Waals surface area contributed by atoms with Gasteiger partial charge in [-0.1, -0.05) is 19.2 Å². The van der Waals surface area contributed by atoms with E-state index in [4.69, 9.17) is 0 Å². The predicted molar refractivity (Wildman–Crippen MR) is 59.6 cm³/mol. The van der Waals surface area contributed by atoms with E-state index >= 15 is 0 Å². The quantitative estimate of drug-likeness (QED) is 0.552. The molecule has 0 atom stereocenters. The Balaban J connectivity index is 4.90. The summed E-state index contributed by atoms with van der Waals surface area (Å²) in [7, 11) is -3.31. The largest absolute Gasteiger partial charge is 0.268 e. The highest BCUT2D eigenvalue weighted by atomic mass is 32.2. The number of sulfonamides is 1. The predicted octanol–water partition coefficient (Wildman–Crippen LogP) is 1.21. The minimum atomic E-state index is -3.31. The first-order chi connectivity index (χ1) is 6.39. The van der Waals surface area contributed by atoms with Gasteiger partial charge in [-0.05, 0) is 19.1 Å². The zero-order valence-corrected chi connectivity index (χ0v) is 9.13. The molecule has 0 aromatic rings. The van der Waals surface area contributed by atoms with Gasteiger partial charge < -0.3 is 0 Å². The van der Waals surface area contributed by atoms with Gasteiger partial charge in [0.1, 0.15) is 5.82 Å². The van der Waals surface area contributed by atoms with Crippen molar-refractivity contribution < 1.29 is 8.42 Å². The van der Waals surface area contributed by atoms with E-state index in [9.17, 15) is 8.42 Å². The van der Waals surface area contributed by atoms with Crippen LogP contribution in [-0.4, -0.2) is 20.4 Å². The van der Waals surface area contributed by atoms with Crippen LogP contribution in [0, 0.1) is 0 Å². The van der Waals surface area contributed by atoms with Crippen molar-refractivity contribution in [3.8, 4) is 0 Å². The third-order valence-electron chi connectivity index (χ3n) is 1.16. The van der Waals surface area contributed by atoms with Crippen molar-refractivity contribution in [2.75, 3.05) is 6.26 Å². The lowest BCUT2D eigenvalue weighted by Crippen LogP contribution is -2.20. The Labute approximate surface area is 84.8 Å². The molecule has 14 heavy (non-hydrogen) atoms. The summed E-state index contributed by atoms with van der Waals surface area (Å²) >= 11 is 0. The van der Waals surface area contributed by atoms with Crippen LogP contribution < -0.4 is 4.72 Å². The normalized spacial score (nSPS) is 13.6. The Morgan fingerprint density at radius 1 is 1.43 bits per heavy atom. The van der Waals surface area contributed by atoms with Gasteiger partial charge in [0.25, 0.3) is 0 Å². The van der Waals surface area contributed by atoms with Gasteiger partial charge in [-0.2, -0.15) is 0 Å². The molecule has 0 aliphatic heterocycles. The Bertz CT molecular complexity index is 378. The van der Waals surface area contributed by atoms with E-state index in [0.29, 0.717) is 5.71 Å². The number of nitrogens with one attached hydrogen (secondary N) is 1. The maximum absolute atomic E-state index is 10.9. The second-order valence-electron chi connectivity index (χ2n) is 2.62. The maximum Gasteiger partial charge on any atom is 0.230 e. The molecule has 0 saturated heterocycles. The van der Waals surface area contributed by atoms with Gasteiger partial charge in [-0.25, -0.2) is 13.4 Å². The molecule has 0 fully saturated rings. The summed E-state index contributed by atoms with van der Waals surface area (Å²) in [6, 6.07) is 0. The molecule has 0 aromatic carbocycles. The minimum absolute atomic E-state index is 0.222. The van der Waals surface area contributed by atoms with Crippen LogP contribution in [0.4, 0.5) is 0 Å². The molecular formula is C9H14N2O2S. The Morgan fingerprint density at radius 2 is 2.00 bits per heavy atom. The van der Waals surface area contributed by atoms with E-state index in [1.807, 2.05) is 0 Å². The van der Waals surface area contributed by atoms with Gasteiger partial charge in [-0.3, -0.25) is 4.72 Å². The van der Waals surface area contributed by atoms with Crippen molar-refractivity contribution in [1.29, 1.82) is 0 Å². The van der Waals surface area contributed by atoms with E-state index in [1.165, 1.54) is 18.2 Å². The van der Waals surface area contributed by atoms with Gasteiger partial charge in [0.15, 0.2) is 0 Å². The van der Waals surface area contributed by atoms with E-state index < -0.39 is 10.0 Å². The molecule has 0 bridgehead atoms. The molecule has 0 rings (SSSR count). The molecule has 0 aromatic heterocycles. The molecule has 0 amide bonds. The van der Waals surface area contributed by atoms with Crippen LogP contribution in [0.3, 0.4) is 0 Å². The van der Waals surface area contributed by atoms with Crippen molar-refractivity contribution >= 4 is 15.7 Å². The van der Waals surface area contributed by atoms with Crippen molar-refractivity contribution in [2.45, 2.75) is 6.92 Å². The van der Waals surface area contributed by atoms with Gasteiger partial charge in [0, 0.05) is 5.71 Å². The first kappa shape index (κ1) is 12.6. The van der Waals surface area contributed by atoms with E-state index in [2.05, 4.69) is 22.9 Å². The van der Waals surface area contributed by atoms with Crippen LogP contribution in [0.5, 0.6) is 0 Å². The van der Waals surface area contributed by atoms with Crippen LogP contribution in [0.25, 0.3) is 0 Å². The maximum atomic E-state index is 10.9. The lowest BCUT2D eigenvalue weighted by molar-refractivity contribution is 0.594. The van der Waals surface area contributed by atoms with E-state index in [-0.39, 0.29) is 5.82 Å². The number of rotatable bonds is 5. The van der Waals surface area contributed by atoms with Gasteiger partial charge in [0.05, 0.1) is 6.26 Å². The molecule has 5 heteroatoms. The highest BCUT2D eigenvalue weighted by Crippen LogP contribution is 1.96. The molecule has 0 unspecified atom stereocenters. The molecule has 0 saturated carbocycles.